The third kappa shape index (κ3) is 4.01. The lowest BCUT2D eigenvalue weighted by Crippen LogP contribution is -2.42. The van der Waals surface area contributed by atoms with Crippen molar-refractivity contribution in [2.24, 2.45) is 0 Å². The van der Waals surface area contributed by atoms with Gasteiger partial charge < -0.3 is 10.1 Å². The molecule has 4 aromatic rings. The zero-order valence-corrected chi connectivity index (χ0v) is 16.7. The summed E-state index contributed by atoms with van der Waals surface area (Å²) >= 11 is 0. The van der Waals surface area contributed by atoms with E-state index in [9.17, 15) is 9.59 Å². The molecule has 1 N–H and O–H groups in total. The van der Waals surface area contributed by atoms with Crippen LogP contribution in [-0.4, -0.2) is 30.0 Å². The number of hydrogen-bond acceptors (Lipinski definition) is 4. The number of carbonyl (C=O) groups is 2. The fourth-order valence-corrected chi connectivity index (χ4v) is 3.66. The number of rotatable bonds is 6. The number of pyridine rings is 1. The molecule has 0 unspecified atom stereocenters. The van der Waals surface area contributed by atoms with Gasteiger partial charge in [-0.2, -0.15) is 0 Å². The van der Waals surface area contributed by atoms with Gasteiger partial charge in [-0.05, 0) is 30.5 Å². The molecule has 0 saturated carbocycles. The van der Waals surface area contributed by atoms with Gasteiger partial charge >= 0.3 is 5.97 Å². The normalized spacial score (nSPS) is 11.9. The van der Waals surface area contributed by atoms with E-state index in [0.29, 0.717) is 18.4 Å². The van der Waals surface area contributed by atoms with Crippen LogP contribution in [0.25, 0.3) is 21.8 Å². The van der Waals surface area contributed by atoms with Crippen LogP contribution in [0.4, 0.5) is 0 Å². The van der Waals surface area contributed by atoms with Crippen LogP contribution in [0.5, 0.6) is 0 Å². The first-order valence-corrected chi connectivity index (χ1v) is 9.87. The van der Waals surface area contributed by atoms with E-state index in [0.717, 1.165) is 27.4 Å². The van der Waals surface area contributed by atoms with E-state index in [4.69, 9.17) is 4.74 Å². The van der Waals surface area contributed by atoms with Crippen LogP contribution in [-0.2, 0) is 16.0 Å². The van der Waals surface area contributed by atoms with Gasteiger partial charge in [0.25, 0.3) is 5.91 Å². The molecule has 1 aromatic heterocycles. The molecule has 5 nitrogen and oxygen atoms in total. The molecule has 0 aliphatic rings. The third-order valence-corrected chi connectivity index (χ3v) is 5.17. The maximum Gasteiger partial charge on any atom is 0.328 e. The van der Waals surface area contributed by atoms with Crippen molar-refractivity contribution in [3.63, 3.8) is 0 Å². The highest BCUT2D eigenvalue weighted by molar-refractivity contribution is 6.16. The highest BCUT2D eigenvalue weighted by atomic mass is 16.5. The molecule has 0 fully saturated rings. The SMILES string of the molecule is COC(=O)[C@H](CCc1ccccc1)NC(=O)c1c2ccccc2nc2ccccc12. The molecule has 5 heteroatoms. The lowest BCUT2D eigenvalue weighted by Gasteiger charge is -2.18. The fourth-order valence-electron chi connectivity index (χ4n) is 3.66. The quantitative estimate of drug-likeness (QED) is 0.389. The molecule has 0 saturated heterocycles. The van der Waals surface area contributed by atoms with E-state index in [-0.39, 0.29) is 5.91 Å². The molecule has 30 heavy (non-hydrogen) atoms. The second-order valence-electron chi connectivity index (χ2n) is 7.09. The van der Waals surface area contributed by atoms with Crippen LogP contribution in [0.2, 0.25) is 0 Å². The Balaban J connectivity index is 1.68. The minimum absolute atomic E-state index is 0.312. The Morgan fingerprint density at radius 3 is 2.03 bits per heavy atom. The number of aryl methyl sites for hydroxylation is 1. The van der Waals surface area contributed by atoms with Gasteiger partial charge in [-0.15, -0.1) is 0 Å². The number of nitrogens with zero attached hydrogens (tertiary/aromatic N) is 1. The monoisotopic (exact) mass is 398 g/mol. The van der Waals surface area contributed by atoms with Gasteiger partial charge in [0.15, 0.2) is 0 Å². The largest absolute Gasteiger partial charge is 0.467 e. The summed E-state index contributed by atoms with van der Waals surface area (Å²) in [4.78, 5) is 30.4. The maximum atomic E-state index is 13.4. The predicted molar refractivity (Wildman–Crippen MR) is 117 cm³/mol. The molecule has 4 rings (SSSR count). The summed E-state index contributed by atoms with van der Waals surface area (Å²) < 4.78 is 4.95. The molecule has 0 spiro atoms. The highest BCUT2D eigenvalue weighted by Gasteiger charge is 2.24. The number of amides is 1. The van der Waals surface area contributed by atoms with Crippen molar-refractivity contribution < 1.29 is 14.3 Å². The number of hydrogen-bond donors (Lipinski definition) is 1. The molecule has 1 atom stereocenters. The Morgan fingerprint density at radius 2 is 1.43 bits per heavy atom. The fraction of sp³-hybridized carbons (Fsp3) is 0.160. The molecule has 0 radical (unpaired) electrons. The summed E-state index contributed by atoms with van der Waals surface area (Å²) in [5.74, 6) is -0.768. The van der Waals surface area contributed by atoms with E-state index in [1.807, 2.05) is 78.9 Å². The Labute approximate surface area is 174 Å². The first kappa shape index (κ1) is 19.6. The lowest BCUT2D eigenvalue weighted by molar-refractivity contribution is -0.143. The average Bonchev–Trinajstić information content (AvgIpc) is 2.80. The molecule has 1 heterocycles. The molecule has 0 aliphatic carbocycles. The van der Waals surface area contributed by atoms with E-state index < -0.39 is 12.0 Å². The van der Waals surface area contributed by atoms with E-state index >= 15 is 0 Å². The van der Waals surface area contributed by atoms with Crippen molar-refractivity contribution in [1.82, 2.24) is 10.3 Å². The number of carbonyl (C=O) groups excluding carboxylic acids is 2. The van der Waals surface area contributed by atoms with Gasteiger partial charge in [0.05, 0.1) is 23.7 Å². The van der Waals surface area contributed by atoms with Crippen LogP contribution >= 0.6 is 0 Å². The summed E-state index contributed by atoms with van der Waals surface area (Å²) in [6, 6.07) is 24.2. The Hall–Kier alpha value is -3.73. The summed E-state index contributed by atoms with van der Waals surface area (Å²) in [5, 5.41) is 4.40. The van der Waals surface area contributed by atoms with Crippen LogP contribution in [0.3, 0.4) is 0 Å². The average molecular weight is 398 g/mol. The van der Waals surface area contributed by atoms with Crippen molar-refractivity contribution in [1.29, 1.82) is 0 Å². The molecule has 0 bridgehead atoms. The number of nitrogens with one attached hydrogen (secondary N) is 1. The van der Waals surface area contributed by atoms with Crippen LogP contribution < -0.4 is 5.32 Å². The van der Waals surface area contributed by atoms with Crippen LogP contribution in [0.15, 0.2) is 78.9 Å². The molecular formula is C25H22N2O3. The first-order chi connectivity index (χ1) is 14.7. The van der Waals surface area contributed by atoms with Crippen molar-refractivity contribution >= 4 is 33.7 Å². The van der Waals surface area contributed by atoms with Gasteiger partial charge in [-0.1, -0.05) is 66.7 Å². The van der Waals surface area contributed by atoms with Crippen molar-refractivity contribution in [2.75, 3.05) is 7.11 Å². The predicted octanol–water partition coefficient (Wildman–Crippen LogP) is 4.29. The van der Waals surface area contributed by atoms with Gasteiger partial charge in [-0.3, -0.25) is 4.79 Å². The van der Waals surface area contributed by atoms with Gasteiger partial charge in [0.1, 0.15) is 6.04 Å². The molecule has 1 amide bonds. The van der Waals surface area contributed by atoms with E-state index in [1.54, 1.807) is 0 Å². The number of fused-ring (bicyclic) bond motifs is 2. The Bertz CT molecular complexity index is 1150. The number of ether oxygens (including phenoxy) is 1. The number of para-hydroxylation sites is 2. The molecule has 150 valence electrons. The van der Waals surface area contributed by atoms with Crippen LogP contribution in [0, 0.1) is 0 Å². The zero-order valence-electron chi connectivity index (χ0n) is 16.7. The lowest BCUT2D eigenvalue weighted by atomic mass is 10.0. The number of esters is 1. The Morgan fingerprint density at radius 1 is 0.867 bits per heavy atom. The molecule has 0 aliphatic heterocycles. The highest BCUT2D eigenvalue weighted by Crippen LogP contribution is 2.26. The van der Waals surface area contributed by atoms with Crippen molar-refractivity contribution in [3.05, 3.63) is 90.0 Å². The maximum absolute atomic E-state index is 13.4. The van der Waals surface area contributed by atoms with Crippen LogP contribution in [0.1, 0.15) is 22.3 Å². The standard InChI is InChI=1S/C25H22N2O3/c1-30-25(29)22(16-15-17-9-3-2-4-10-17)27-24(28)23-18-11-5-7-13-20(18)26-21-14-8-6-12-19(21)23/h2-14,22H,15-16H2,1H3,(H,27,28)/t22-/m0/s1. The first-order valence-electron chi connectivity index (χ1n) is 9.87. The van der Waals surface area contributed by atoms with Gasteiger partial charge in [0, 0.05) is 10.8 Å². The molecular weight excluding hydrogens is 376 g/mol. The summed E-state index contributed by atoms with van der Waals surface area (Å²) in [6.07, 6.45) is 1.10. The minimum Gasteiger partial charge on any atom is -0.467 e. The number of aromatic nitrogens is 1. The second-order valence-corrected chi connectivity index (χ2v) is 7.09. The van der Waals surface area contributed by atoms with E-state index in [1.165, 1.54) is 7.11 Å². The summed E-state index contributed by atoms with van der Waals surface area (Å²) in [5.41, 5.74) is 3.09. The second kappa shape index (κ2) is 8.74. The number of methoxy groups -OCH3 is 1. The zero-order chi connectivity index (χ0) is 20.9. The number of benzene rings is 3. The summed E-state index contributed by atoms with van der Waals surface area (Å²) in [7, 11) is 1.33. The Kier molecular flexibility index (Phi) is 5.70. The van der Waals surface area contributed by atoms with Gasteiger partial charge in [-0.25, -0.2) is 9.78 Å². The van der Waals surface area contributed by atoms with Gasteiger partial charge in [0.2, 0.25) is 0 Å². The summed E-state index contributed by atoms with van der Waals surface area (Å²) in [6.45, 7) is 0. The molecule has 3 aromatic carbocycles. The smallest absolute Gasteiger partial charge is 0.328 e. The van der Waals surface area contributed by atoms with Crippen molar-refractivity contribution in [3.8, 4) is 0 Å². The topological polar surface area (TPSA) is 68.3 Å². The van der Waals surface area contributed by atoms with Crippen molar-refractivity contribution in [2.45, 2.75) is 18.9 Å². The minimum atomic E-state index is -0.742. The van der Waals surface area contributed by atoms with E-state index in [2.05, 4.69) is 10.3 Å². The third-order valence-electron chi connectivity index (χ3n) is 5.17.